The maximum atomic E-state index is 12.8. The minimum atomic E-state index is -1.59. The molecule has 1 saturated heterocycles. The second kappa shape index (κ2) is 37.5. The Morgan fingerprint density at radius 3 is 1.52 bits per heavy atom. The number of aliphatic hydroxyl groups is 4. The fraction of sp³-hybridized carbons (Fsp3) is 0.870. The zero-order valence-electron chi connectivity index (χ0n) is 35.6. The third-order valence-corrected chi connectivity index (χ3v) is 10.6. The number of hydrogen-bond acceptors (Lipinski definition) is 10. The van der Waals surface area contributed by atoms with E-state index in [1.165, 1.54) is 103 Å². The molecule has 0 aromatic rings. The van der Waals surface area contributed by atoms with Crippen molar-refractivity contribution in [1.82, 2.24) is 0 Å². The highest BCUT2D eigenvalue weighted by molar-refractivity contribution is 5.70. The van der Waals surface area contributed by atoms with Gasteiger partial charge in [0.25, 0.3) is 0 Å². The van der Waals surface area contributed by atoms with Crippen molar-refractivity contribution in [3.8, 4) is 0 Å². The van der Waals surface area contributed by atoms with E-state index in [1.807, 2.05) is 0 Å². The molecule has 328 valence electrons. The number of hydrogen-bond donors (Lipinski definition) is 4. The Kier molecular flexibility index (Phi) is 34.9. The molecule has 0 saturated carbocycles. The van der Waals surface area contributed by atoms with Crippen molar-refractivity contribution in [1.29, 1.82) is 0 Å². The van der Waals surface area contributed by atoms with Gasteiger partial charge in [-0.25, -0.2) is 0 Å². The summed E-state index contributed by atoms with van der Waals surface area (Å²) in [5, 5.41) is 40.1. The second-order valence-electron chi connectivity index (χ2n) is 15.9. The topological polar surface area (TPSA) is 152 Å². The molecule has 1 aliphatic heterocycles. The van der Waals surface area contributed by atoms with Crippen LogP contribution in [0.5, 0.6) is 0 Å². The summed E-state index contributed by atoms with van der Waals surface area (Å²) < 4.78 is 22.2. The van der Waals surface area contributed by atoms with Gasteiger partial charge in [0.2, 0.25) is 0 Å². The molecular formula is C46H84O10. The first-order valence-corrected chi connectivity index (χ1v) is 22.9. The first-order chi connectivity index (χ1) is 27.3. The fourth-order valence-corrected chi connectivity index (χ4v) is 6.92. The Bertz CT molecular complexity index is 970. The van der Waals surface area contributed by atoms with E-state index in [0.717, 1.165) is 57.8 Å². The van der Waals surface area contributed by atoms with Gasteiger partial charge in [0.15, 0.2) is 12.4 Å². The van der Waals surface area contributed by atoms with Gasteiger partial charge in [0.05, 0.1) is 13.2 Å². The van der Waals surface area contributed by atoms with E-state index in [4.69, 9.17) is 18.9 Å². The average molecular weight is 797 g/mol. The molecule has 6 atom stereocenters. The number of aliphatic hydroxyl groups excluding tert-OH is 4. The van der Waals surface area contributed by atoms with E-state index in [9.17, 15) is 30.0 Å². The average Bonchev–Trinajstić information content (AvgIpc) is 3.19. The van der Waals surface area contributed by atoms with E-state index in [2.05, 4.69) is 38.2 Å². The molecule has 1 rings (SSSR count). The molecule has 0 amide bonds. The van der Waals surface area contributed by atoms with Gasteiger partial charge < -0.3 is 39.4 Å². The monoisotopic (exact) mass is 797 g/mol. The predicted octanol–water partition coefficient (Wildman–Crippen LogP) is 9.72. The number of esters is 2. The molecule has 56 heavy (non-hydrogen) atoms. The normalized spacial score (nSPS) is 20.6. The Labute approximate surface area is 341 Å². The second-order valence-corrected chi connectivity index (χ2v) is 15.9. The maximum absolute atomic E-state index is 12.8. The van der Waals surface area contributed by atoms with Crippen LogP contribution in [0.3, 0.4) is 0 Å². The summed E-state index contributed by atoms with van der Waals surface area (Å²) in [4.78, 5) is 25.3. The van der Waals surface area contributed by atoms with Crippen molar-refractivity contribution >= 4 is 11.9 Å². The molecule has 0 aromatic carbocycles. The third-order valence-electron chi connectivity index (χ3n) is 10.6. The lowest BCUT2D eigenvalue weighted by atomic mass is 9.99. The number of allylic oxidation sites excluding steroid dienone is 4. The zero-order chi connectivity index (χ0) is 40.9. The first kappa shape index (κ1) is 52.2. The van der Waals surface area contributed by atoms with Gasteiger partial charge in [-0.3, -0.25) is 9.59 Å². The number of rotatable bonds is 38. The molecule has 0 aliphatic carbocycles. The Hall–Kier alpha value is -1.82. The molecule has 0 bridgehead atoms. The van der Waals surface area contributed by atoms with Crippen LogP contribution in [0.2, 0.25) is 0 Å². The molecule has 1 aliphatic rings. The molecule has 0 spiro atoms. The van der Waals surface area contributed by atoms with E-state index < -0.39 is 49.4 Å². The molecule has 1 fully saturated rings. The van der Waals surface area contributed by atoms with Crippen molar-refractivity contribution in [2.24, 2.45) is 0 Å². The van der Waals surface area contributed by atoms with Crippen molar-refractivity contribution in [3.05, 3.63) is 24.3 Å². The Balaban J connectivity index is 2.32. The van der Waals surface area contributed by atoms with Gasteiger partial charge in [0.1, 0.15) is 31.0 Å². The van der Waals surface area contributed by atoms with Crippen molar-refractivity contribution in [3.63, 3.8) is 0 Å². The van der Waals surface area contributed by atoms with Crippen LogP contribution < -0.4 is 0 Å². The van der Waals surface area contributed by atoms with Crippen molar-refractivity contribution < 1.29 is 49.0 Å². The van der Waals surface area contributed by atoms with Crippen LogP contribution in [-0.2, 0) is 28.5 Å². The largest absolute Gasteiger partial charge is 0.462 e. The van der Waals surface area contributed by atoms with Gasteiger partial charge in [-0.1, -0.05) is 167 Å². The summed E-state index contributed by atoms with van der Waals surface area (Å²) in [7, 11) is 0. The third kappa shape index (κ3) is 28.6. The van der Waals surface area contributed by atoms with Gasteiger partial charge in [-0.05, 0) is 44.9 Å². The zero-order valence-corrected chi connectivity index (χ0v) is 35.6. The molecule has 2 unspecified atom stereocenters. The van der Waals surface area contributed by atoms with E-state index >= 15 is 0 Å². The molecule has 0 radical (unpaired) electrons. The van der Waals surface area contributed by atoms with Gasteiger partial charge >= 0.3 is 11.9 Å². The summed E-state index contributed by atoms with van der Waals surface area (Å²) in [5.41, 5.74) is 0. The van der Waals surface area contributed by atoms with Gasteiger partial charge in [0, 0.05) is 12.8 Å². The number of unbranched alkanes of at least 4 members (excludes halogenated alkanes) is 23. The standard InChI is InChI=1S/C46H84O10/c1-3-5-7-9-11-13-15-17-19-21-23-25-27-29-31-33-35-42(49)55-39(38-54-46-45(52)44(51)43(50)40(36-47)56-46)37-53-41(48)34-32-30-28-26-24-22-20-18-16-14-12-10-8-6-4-2/h12,14,18,20,39-40,43-47,50-52H,3-11,13,15-17,19,21-38H2,1-2H3/b14-12+,20-18+/t39-,40-,43+,44?,45?,46-/m1/s1. The lowest BCUT2D eigenvalue weighted by Crippen LogP contribution is -2.59. The number of carbonyl (C=O) groups excluding carboxylic acids is 2. The highest BCUT2D eigenvalue weighted by Gasteiger charge is 2.44. The summed E-state index contributed by atoms with van der Waals surface area (Å²) in [6, 6.07) is 0. The highest BCUT2D eigenvalue weighted by atomic mass is 16.7. The lowest BCUT2D eigenvalue weighted by molar-refractivity contribution is -0.305. The molecule has 4 N–H and O–H groups in total. The van der Waals surface area contributed by atoms with E-state index in [-0.39, 0.29) is 32.0 Å². The van der Waals surface area contributed by atoms with Crippen LogP contribution in [0.15, 0.2) is 24.3 Å². The van der Waals surface area contributed by atoms with Crippen LogP contribution in [0.25, 0.3) is 0 Å². The smallest absolute Gasteiger partial charge is 0.306 e. The molecule has 10 heteroatoms. The highest BCUT2D eigenvalue weighted by Crippen LogP contribution is 2.23. The molecule has 0 aromatic heterocycles. The molecule has 1 heterocycles. The van der Waals surface area contributed by atoms with E-state index in [1.54, 1.807) is 0 Å². The van der Waals surface area contributed by atoms with E-state index in [0.29, 0.717) is 12.8 Å². The summed E-state index contributed by atoms with van der Waals surface area (Å²) in [6.45, 7) is 3.40. The lowest BCUT2D eigenvalue weighted by Gasteiger charge is -2.39. The predicted molar refractivity (Wildman–Crippen MR) is 224 cm³/mol. The molecular weight excluding hydrogens is 712 g/mol. The Morgan fingerprint density at radius 1 is 0.554 bits per heavy atom. The van der Waals surface area contributed by atoms with Crippen LogP contribution in [0.4, 0.5) is 0 Å². The van der Waals surface area contributed by atoms with Crippen LogP contribution in [0, 0.1) is 0 Å². The van der Waals surface area contributed by atoms with Crippen LogP contribution in [-0.4, -0.2) is 89.0 Å². The minimum Gasteiger partial charge on any atom is -0.462 e. The van der Waals surface area contributed by atoms with Crippen LogP contribution >= 0.6 is 0 Å². The summed E-state index contributed by atoms with van der Waals surface area (Å²) in [5.74, 6) is -0.815. The van der Waals surface area contributed by atoms with Gasteiger partial charge in [-0.15, -0.1) is 0 Å². The maximum Gasteiger partial charge on any atom is 0.306 e. The Morgan fingerprint density at radius 2 is 1.00 bits per heavy atom. The SMILES string of the molecule is CCCCC/C=C/C/C=C/CCCCCCCC(=O)OC[C@H](CO[C@@H]1O[C@H](CO)[C@H](O)C(O)C1O)OC(=O)CCCCCCCCCCCCCCCCCC. The fourth-order valence-electron chi connectivity index (χ4n) is 6.92. The molecule has 10 nitrogen and oxygen atoms in total. The minimum absolute atomic E-state index is 0.221. The number of carbonyl (C=O) groups is 2. The number of ether oxygens (including phenoxy) is 4. The van der Waals surface area contributed by atoms with Crippen molar-refractivity contribution in [2.75, 3.05) is 19.8 Å². The first-order valence-electron chi connectivity index (χ1n) is 22.9. The van der Waals surface area contributed by atoms with Crippen LogP contribution in [0.1, 0.15) is 200 Å². The van der Waals surface area contributed by atoms with Gasteiger partial charge in [-0.2, -0.15) is 0 Å². The summed E-state index contributed by atoms with van der Waals surface area (Å²) in [6.07, 6.45) is 33.2. The summed E-state index contributed by atoms with van der Waals surface area (Å²) >= 11 is 0. The van der Waals surface area contributed by atoms with Crippen molar-refractivity contribution in [2.45, 2.75) is 237 Å². The quantitative estimate of drug-likeness (QED) is 0.0270.